The monoisotopic (exact) mass is 351 g/mol. The van der Waals surface area contributed by atoms with E-state index >= 15 is 0 Å². The lowest BCUT2D eigenvalue weighted by Gasteiger charge is -2.08. The molecule has 3 amide bonds. The van der Waals surface area contributed by atoms with Crippen LogP contribution in [0.3, 0.4) is 0 Å². The Morgan fingerprint density at radius 3 is 2.48 bits per heavy atom. The van der Waals surface area contributed by atoms with Crippen molar-refractivity contribution in [2.75, 3.05) is 6.54 Å². The van der Waals surface area contributed by atoms with E-state index in [1.807, 2.05) is 0 Å². The highest BCUT2D eigenvalue weighted by atomic mass is 35.5. The second-order valence-electron chi connectivity index (χ2n) is 4.47. The third-order valence-electron chi connectivity index (χ3n) is 2.82. The van der Waals surface area contributed by atoms with Crippen LogP contribution in [0.2, 0.25) is 5.02 Å². The number of nitrogens with one attached hydrogen (secondary N) is 3. The van der Waals surface area contributed by atoms with E-state index in [0.717, 1.165) is 0 Å². The molecule has 1 aromatic heterocycles. The molecule has 0 radical (unpaired) electrons. The van der Waals surface area contributed by atoms with Gasteiger partial charge in [0.25, 0.3) is 11.8 Å². The van der Waals surface area contributed by atoms with E-state index in [1.165, 1.54) is 11.3 Å². The van der Waals surface area contributed by atoms with Crippen molar-refractivity contribution in [3.05, 3.63) is 57.2 Å². The topological polar surface area (TPSA) is 87.3 Å². The van der Waals surface area contributed by atoms with Gasteiger partial charge in [-0.3, -0.25) is 25.2 Å². The maximum Gasteiger partial charge on any atom is 0.271 e. The van der Waals surface area contributed by atoms with Crippen LogP contribution in [0, 0.1) is 0 Å². The summed E-state index contributed by atoms with van der Waals surface area (Å²) < 4.78 is 0. The fourth-order valence-corrected chi connectivity index (χ4v) is 2.55. The molecular weight excluding hydrogens is 338 g/mol. The Kier molecular flexibility index (Phi) is 6.13. The summed E-state index contributed by atoms with van der Waals surface area (Å²) in [5, 5.41) is 4.71. The van der Waals surface area contributed by atoms with Gasteiger partial charge in [0.15, 0.2) is 0 Å². The van der Waals surface area contributed by atoms with E-state index in [4.69, 9.17) is 11.6 Å². The van der Waals surface area contributed by atoms with Crippen LogP contribution < -0.4 is 16.2 Å². The summed E-state index contributed by atoms with van der Waals surface area (Å²) in [6.07, 6.45) is 0.0416. The Hall–Kier alpha value is -2.38. The Morgan fingerprint density at radius 2 is 1.78 bits per heavy atom. The van der Waals surface area contributed by atoms with Gasteiger partial charge >= 0.3 is 0 Å². The molecule has 0 saturated carbocycles. The molecule has 0 fully saturated rings. The fourth-order valence-electron chi connectivity index (χ4n) is 1.69. The van der Waals surface area contributed by atoms with E-state index < -0.39 is 11.8 Å². The summed E-state index contributed by atoms with van der Waals surface area (Å²) in [6.45, 7) is 0.171. The quantitative estimate of drug-likeness (QED) is 0.720. The molecule has 0 unspecified atom stereocenters. The predicted octanol–water partition coefficient (Wildman–Crippen LogP) is 1.98. The van der Waals surface area contributed by atoms with Crippen LogP contribution in [0.15, 0.2) is 41.8 Å². The molecule has 0 spiro atoms. The van der Waals surface area contributed by atoms with Gasteiger partial charge < -0.3 is 5.32 Å². The minimum Gasteiger partial charge on any atom is -0.351 e. The van der Waals surface area contributed by atoms with E-state index in [2.05, 4.69) is 16.2 Å². The number of hydrazine groups is 1. The van der Waals surface area contributed by atoms with Gasteiger partial charge in [-0.1, -0.05) is 29.8 Å². The first kappa shape index (κ1) is 17.0. The van der Waals surface area contributed by atoms with Gasteiger partial charge in [0.1, 0.15) is 0 Å². The Balaban J connectivity index is 1.70. The molecule has 23 heavy (non-hydrogen) atoms. The highest BCUT2D eigenvalue weighted by molar-refractivity contribution is 7.12. The molecule has 0 aliphatic rings. The molecule has 0 saturated heterocycles. The molecule has 1 aromatic carbocycles. The van der Waals surface area contributed by atoms with Gasteiger partial charge in [-0.25, -0.2) is 0 Å². The molecule has 1 heterocycles. The van der Waals surface area contributed by atoms with Crippen LogP contribution >= 0.6 is 22.9 Å². The third kappa shape index (κ3) is 5.08. The molecule has 6 nitrogen and oxygen atoms in total. The third-order valence-corrected chi connectivity index (χ3v) is 4.01. The van der Waals surface area contributed by atoms with Crippen molar-refractivity contribution in [3.63, 3.8) is 0 Å². The van der Waals surface area contributed by atoms with Crippen molar-refractivity contribution in [1.29, 1.82) is 0 Å². The zero-order chi connectivity index (χ0) is 16.7. The first-order valence-corrected chi connectivity index (χ1v) is 7.99. The van der Waals surface area contributed by atoms with Crippen LogP contribution in [0.1, 0.15) is 26.5 Å². The summed E-state index contributed by atoms with van der Waals surface area (Å²) in [6, 6.07) is 9.97. The van der Waals surface area contributed by atoms with Gasteiger partial charge in [-0.15, -0.1) is 11.3 Å². The number of benzene rings is 1. The zero-order valence-electron chi connectivity index (χ0n) is 12.0. The van der Waals surface area contributed by atoms with Crippen molar-refractivity contribution in [2.24, 2.45) is 0 Å². The molecule has 0 aliphatic carbocycles. The highest BCUT2D eigenvalue weighted by Crippen LogP contribution is 2.14. The average Bonchev–Trinajstić information content (AvgIpc) is 3.07. The van der Waals surface area contributed by atoms with Gasteiger partial charge in [0, 0.05) is 13.0 Å². The first-order chi connectivity index (χ1) is 11.1. The fraction of sp³-hybridized carbons (Fsp3) is 0.133. The number of halogens is 1. The van der Waals surface area contributed by atoms with Crippen molar-refractivity contribution in [3.8, 4) is 0 Å². The maximum absolute atomic E-state index is 11.8. The molecule has 0 atom stereocenters. The van der Waals surface area contributed by atoms with E-state index in [-0.39, 0.29) is 24.4 Å². The van der Waals surface area contributed by atoms with Gasteiger partial charge in [0.05, 0.1) is 15.5 Å². The lowest BCUT2D eigenvalue weighted by molar-refractivity contribution is -0.121. The lowest BCUT2D eigenvalue weighted by atomic mass is 10.2. The first-order valence-electron chi connectivity index (χ1n) is 6.73. The normalized spacial score (nSPS) is 9.96. The van der Waals surface area contributed by atoms with Crippen LogP contribution in [-0.4, -0.2) is 24.3 Å². The van der Waals surface area contributed by atoms with Crippen molar-refractivity contribution < 1.29 is 14.4 Å². The van der Waals surface area contributed by atoms with Crippen LogP contribution in [0.25, 0.3) is 0 Å². The smallest absolute Gasteiger partial charge is 0.271 e. The minimum atomic E-state index is -0.508. The highest BCUT2D eigenvalue weighted by Gasteiger charge is 2.11. The largest absolute Gasteiger partial charge is 0.351 e. The van der Waals surface area contributed by atoms with E-state index in [0.29, 0.717) is 9.90 Å². The summed E-state index contributed by atoms with van der Waals surface area (Å²) in [5.74, 6) is -1.16. The van der Waals surface area contributed by atoms with Crippen LogP contribution in [0.4, 0.5) is 0 Å². The summed E-state index contributed by atoms with van der Waals surface area (Å²) >= 11 is 7.20. The molecule has 8 heteroatoms. The molecular formula is C15H14ClN3O3S. The van der Waals surface area contributed by atoms with E-state index in [1.54, 1.807) is 41.8 Å². The summed E-state index contributed by atoms with van der Waals surface area (Å²) in [4.78, 5) is 35.7. The molecule has 2 aromatic rings. The van der Waals surface area contributed by atoms with Gasteiger partial charge in [-0.2, -0.15) is 0 Å². The van der Waals surface area contributed by atoms with Gasteiger partial charge in [-0.05, 0) is 23.6 Å². The lowest BCUT2D eigenvalue weighted by Crippen LogP contribution is -2.42. The number of hydrogen-bond acceptors (Lipinski definition) is 4. The van der Waals surface area contributed by atoms with Gasteiger partial charge in [0.2, 0.25) is 5.91 Å². The number of hydrogen-bond donors (Lipinski definition) is 3. The van der Waals surface area contributed by atoms with Crippen LogP contribution in [-0.2, 0) is 4.79 Å². The number of carbonyl (C=O) groups excluding carboxylic acids is 3. The van der Waals surface area contributed by atoms with Crippen LogP contribution in [0.5, 0.6) is 0 Å². The van der Waals surface area contributed by atoms with Crippen molar-refractivity contribution >= 4 is 40.7 Å². The maximum atomic E-state index is 11.8. The second-order valence-corrected chi connectivity index (χ2v) is 5.82. The molecule has 0 bridgehead atoms. The SMILES string of the molecule is O=C(CCNC(=O)c1cccs1)NNC(=O)c1ccccc1Cl. The summed E-state index contributed by atoms with van der Waals surface area (Å²) in [7, 11) is 0. The molecule has 2 rings (SSSR count). The number of rotatable bonds is 5. The molecule has 120 valence electrons. The number of carbonyl (C=O) groups is 3. The second kappa shape index (κ2) is 8.30. The molecule has 3 N–H and O–H groups in total. The minimum absolute atomic E-state index is 0.0416. The Morgan fingerprint density at radius 1 is 1.00 bits per heavy atom. The number of thiophene rings is 1. The van der Waals surface area contributed by atoms with Crippen molar-refractivity contribution in [1.82, 2.24) is 16.2 Å². The Labute approximate surface area is 141 Å². The standard InChI is InChI=1S/C15H14ClN3O3S/c16-11-5-2-1-4-10(11)14(21)19-18-13(20)7-8-17-15(22)12-6-3-9-23-12/h1-6,9H,7-8H2,(H,17,22)(H,18,20)(H,19,21). The molecule has 0 aliphatic heterocycles. The van der Waals surface area contributed by atoms with E-state index in [9.17, 15) is 14.4 Å². The predicted molar refractivity (Wildman–Crippen MR) is 88.3 cm³/mol. The summed E-state index contributed by atoms with van der Waals surface area (Å²) in [5.41, 5.74) is 4.81. The van der Waals surface area contributed by atoms with Crippen molar-refractivity contribution in [2.45, 2.75) is 6.42 Å². The Bertz CT molecular complexity index is 704. The zero-order valence-corrected chi connectivity index (χ0v) is 13.5. The average molecular weight is 352 g/mol. The number of amides is 3.